The lowest BCUT2D eigenvalue weighted by Crippen LogP contribution is -2.25. The quantitative estimate of drug-likeness (QED) is 0.822. The highest BCUT2D eigenvalue weighted by atomic mass is 19.3. The van der Waals surface area contributed by atoms with E-state index in [4.69, 9.17) is 4.74 Å². The average molecular weight is 351 g/mol. The summed E-state index contributed by atoms with van der Waals surface area (Å²) in [5, 5.41) is 11.9. The predicted molar refractivity (Wildman–Crippen MR) is 79.7 cm³/mol. The number of carbonyl (C=O) groups is 2. The number of phenols is 1. The van der Waals surface area contributed by atoms with Gasteiger partial charge in [-0.3, -0.25) is 4.79 Å². The Morgan fingerprint density at radius 2 is 1.84 bits per heavy atom. The molecule has 2 aromatic carbocycles. The van der Waals surface area contributed by atoms with Gasteiger partial charge in [0.05, 0.1) is 0 Å². The van der Waals surface area contributed by atoms with Gasteiger partial charge in [-0.2, -0.15) is 0 Å². The van der Waals surface area contributed by atoms with E-state index in [9.17, 15) is 23.5 Å². The molecule has 25 heavy (non-hydrogen) atoms. The maximum absolute atomic E-state index is 12.9. The first-order valence-electron chi connectivity index (χ1n) is 6.99. The van der Waals surface area contributed by atoms with E-state index in [1.807, 2.05) is 0 Å². The molecule has 0 saturated heterocycles. The van der Waals surface area contributed by atoms with Crippen molar-refractivity contribution < 1.29 is 37.7 Å². The SMILES string of the molecule is O=C(COC(=O)c1ccccc1O)Nc1ccc2c(c1)OC(F)(F)O2. The number of phenolic OH excluding ortho intramolecular Hbond substituents is 1. The fourth-order valence-corrected chi connectivity index (χ4v) is 2.08. The van der Waals surface area contributed by atoms with Crippen LogP contribution in [0.25, 0.3) is 0 Å². The highest BCUT2D eigenvalue weighted by molar-refractivity contribution is 5.96. The molecule has 0 aromatic heterocycles. The van der Waals surface area contributed by atoms with Gasteiger partial charge in [0.25, 0.3) is 5.91 Å². The Balaban J connectivity index is 1.57. The minimum absolute atomic E-state index is 0.0828. The number of aromatic hydroxyl groups is 1. The van der Waals surface area contributed by atoms with Gasteiger partial charge in [0.2, 0.25) is 0 Å². The number of para-hydroxylation sites is 1. The Morgan fingerprint density at radius 3 is 2.60 bits per heavy atom. The summed E-state index contributed by atoms with van der Waals surface area (Å²) < 4.78 is 39.1. The van der Waals surface area contributed by atoms with Crippen LogP contribution >= 0.6 is 0 Å². The number of hydrogen-bond acceptors (Lipinski definition) is 6. The van der Waals surface area contributed by atoms with Gasteiger partial charge < -0.3 is 24.6 Å². The summed E-state index contributed by atoms with van der Waals surface area (Å²) >= 11 is 0. The van der Waals surface area contributed by atoms with Gasteiger partial charge in [0, 0.05) is 11.8 Å². The van der Waals surface area contributed by atoms with E-state index in [2.05, 4.69) is 14.8 Å². The van der Waals surface area contributed by atoms with Crippen LogP contribution in [0, 0.1) is 0 Å². The van der Waals surface area contributed by atoms with E-state index in [-0.39, 0.29) is 28.5 Å². The molecule has 1 aliphatic heterocycles. The van der Waals surface area contributed by atoms with Gasteiger partial charge >= 0.3 is 12.3 Å². The van der Waals surface area contributed by atoms with Crippen molar-refractivity contribution in [3.8, 4) is 17.2 Å². The van der Waals surface area contributed by atoms with Crippen molar-refractivity contribution in [1.29, 1.82) is 0 Å². The van der Waals surface area contributed by atoms with Gasteiger partial charge in [0.1, 0.15) is 11.3 Å². The van der Waals surface area contributed by atoms with Crippen LogP contribution in [-0.2, 0) is 9.53 Å². The summed E-state index contributed by atoms with van der Waals surface area (Å²) in [6.45, 7) is -0.627. The van der Waals surface area contributed by atoms with Crippen LogP contribution < -0.4 is 14.8 Å². The number of carbonyl (C=O) groups excluding carboxylic acids is 2. The van der Waals surface area contributed by atoms with Crippen molar-refractivity contribution >= 4 is 17.6 Å². The van der Waals surface area contributed by atoms with E-state index >= 15 is 0 Å². The summed E-state index contributed by atoms with van der Waals surface area (Å²) in [6, 6.07) is 9.39. The van der Waals surface area contributed by atoms with E-state index in [0.29, 0.717) is 0 Å². The molecule has 130 valence electrons. The van der Waals surface area contributed by atoms with Gasteiger partial charge in [-0.25, -0.2) is 4.79 Å². The fourth-order valence-electron chi connectivity index (χ4n) is 2.08. The van der Waals surface area contributed by atoms with Crippen LogP contribution in [0.15, 0.2) is 42.5 Å². The van der Waals surface area contributed by atoms with Crippen LogP contribution in [0.2, 0.25) is 0 Å². The third kappa shape index (κ3) is 3.77. The smallest absolute Gasteiger partial charge is 0.507 e. The van der Waals surface area contributed by atoms with Crippen LogP contribution in [0.4, 0.5) is 14.5 Å². The molecule has 2 aromatic rings. The molecule has 0 saturated carbocycles. The molecule has 1 aliphatic rings. The molecule has 0 unspecified atom stereocenters. The Kier molecular flexibility index (Phi) is 4.14. The first kappa shape index (κ1) is 16.5. The molecule has 0 atom stereocenters. The minimum Gasteiger partial charge on any atom is -0.507 e. The first-order valence-corrected chi connectivity index (χ1v) is 6.99. The maximum atomic E-state index is 12.9. The summed E-state index contributed by atoms with van der Waals surface area (Å²) in [5.41, 5.74) is 0.0734. The number of nitrogens with one attached hydrogen (secondary N) is 1. The third-order valence-electron chi connectivity index (χ3n) is 3.14. The monoisotopic (exact) mass is 351 g/mol. The van der Waals surface area contributed by atoms with E-state index < -0.39 is 24.8 Å². The van der Waals surface area contributed by atoms with Crippen molar-refractivity contribution in [3.63, 3.8) is 0 Å². The van der Waals surface area contributed by atoms with Gasteiger partial charge in [-0.05, 0) is 24.3 Å². The molecular weight excluding hydrogens is 340 g/mol. The third-order valence-corrected chi connectivity index (χ3v) is 3.14. The standard InChI is InChI=1S/C16H11F2NO6/c17-16(18)24-12-6-5-9(7-13(12)25-16)19-14(21)8-23-15(22)10-3-1-2-4-11(10)20/h1-7,20H,8H2,(H,19,21). The van der Waals surface area contributed by atoms with Crippen LogP contribution in [0.1, 0.15) is 10.4 Å². The van der Waals surface area contributed by atoms with Crippen LogP contribution in [-0.4, -0.2) is 29.9 Å². The molecule has 0 radical (unpaired) electrons. The number of ether oxygens (including phenoxy) is 3. The molecule has 2 N–H and O–H groups in total. The van der Waals surface area contributed by atoms with E-state index in [0.717, 1.165) is 6.07 Å². The zero-order chi connectivity index (χ0) is 18.0. The second kappa shape index (κ2) is 6.27. The second-order valence-electron chi connectivity index (χ2n) is 4.97. The normalized spacial score (nSPS) is 14.0. The van der Waals surface area contributed by atoms with Gasteiger partial charge in [0.15, 0.2) is 18.1 Å². The van der Waals surface area contributed by atoms with Crippen molar-refractivity contribution in [1.82, 2.24) is 0 Å². The Labute approximate surface area is 139 Å². The number of rotatable bonds is 4. The summed E-state index contributed by atoms with van der Waals surface area (Å²) in [7, 11) is 0. The number of halogens is 2. The number of anilines is 1. The Morgan fingerprint density at radius 1 is 1.12 bits per heavy atom. The first-order chi connectivity index (χ1) is 11.8. The lowest BCUT2D eigenvalue weighted by atomic mass is 10.2. The highest BCUT2D eigenvalue weighted by Crippen LogP contribution is 2.42. The highest BCUT2D eigenvalue weighted by Gasteiger charge is 2.43. The average Bonchev–Trinajstić information content (AvgIpc) is 2.86. The summed E-state index contributed by atoms with van der Waals surface area (Å²) in [6.07, 6.45) is -3.75. The van der Waals surface area contributed by atoms with Gasteiger partial charge in [-0.1, -0.05) is 12.1 Å². The lowest BCUT2D eigenvalue weighted by molar-refractivity contribution is -0.286. The second-order valence-corrected chi connectivity index (χ2v) is 4.97. The van der Waals surface area contributed by atoms with Crippen LogP contribution in [0.3, 0.4) is 0 Å². The minimum atomic E-state index is -3.75. The molecule has 0 fully saturated rings. The molecule has 1 heterocycles. The topological polar surface area (TPSA) is 94.1 Å². The van der Waals surface area contributed by atoms with Crippen molar-refractivity contribution in [2.75, 3.05) is 11.9 Å². The van der Waals surface area contributed by atoms with Crippen LogP contribution in [0.5, 0.6) is 17.2 Å². The zero-order valence-corrected chi connectivity index (χ0v) is 12.5. The van der Waals surface area contributed by atoms with Crippen molar-refractivity contribution in [2.24, 2.45) is 0 Å². The molecule has 7 nitrogen and oxygen atoms in total. The number of benzene rings is 2. The predicted octanol–water partition coefficient (Wildman–Crippen LogP) is 2.51. The number of amides is 1. The van der Waals surface area contributed by atoms with E-state index in [1.165, 1.54) is 36.4 Å². The maximum Gasteiger partial charge on any atom is 0.586 e. The number of fused-ring (bicyclic) bond motifs is 1. The molecule has 9 heteroatoms. The Bertz CT molecular complexity index is 839. The molecule has 0 aliphatic carbocycles. The molecule has 0 bridgehead atoms. The zero-order valence-electron chi connectivity index (χ0n) is 12.5. The largest absolute Gasteiger partial charge is 0.586 e. The number of esters is 1. The summed E-state index contributed by atoms with van der Waals surface area (Å²) in [5.74, 6) is -2.24. The molecular formula is C16H11F2NO6. The van der Waals surface area contributed by atoms with Crippen molar-refractivity contribution in [2.45, 2.75) is 6.29 Å². The number of alkyl halides is 2. The summed E-state index contributed by atoms with van der Waals surface area (Å²) in [4.78, 5) is 23.6. The van der Waals surface area contributed by atoms with Gasteiger partial charge in [-0.15, -0.1) is 8.78 Å². The number of hydrogen-bond donors (Lipinski definition) is 2. The van der Waals surface area contributed by atoms with E-state index in [1.54, 1.807) is 0 Å². The molecule has 1 amide bonds. The van der Waals surface area contributed by atoms with Crippen molar-refractivity contribution in [3.05, 3.63) is 48.0 Å². The Hall–Kier alpha value is -3.36. The fraction of sp³-hybridized carbons (Fsp3) is 0.125. The molecule has 3 rings (SSSR count). The molecule has 0 spiro atoms. The lowest BCUT2D eigenvalue weighted by Gasteiger charge is -2.08.